The van der Waals surface area contributed by atoms with Crippen LogP contribution in [0.1, 0.15) is 27.2 Å². The molecule has 0 radical (unpaired) electrons. The van der Waals surface area contributed by atoms with Gasteiger partial charge in [-0.15, -0.1) is 0 Å². The zero-order valence-electron chi connectivity index (χ0n) is 21.3. The summed E-state index contributed by atoms with van der Waals surface area (Å²) >= 11 is 6.09. The maximum absolute atomic E-state index is 6.09. The first-order chi connectivity index (χ1) is 17.3. The molecule has 8 heteroatoms. The number of anilines is 2. The lowest BCUT2D eigenvalue weighted by atomic mass is 10.1. The van der Waals surface area contributed by atoms with Gasteiger partial charge >= 0.3 is 0 Å². The van der Waals surface area contributed by atoms with Crippen LogP contribution in [-0.2, 0) is 4.74 Å². The van der Waals surface area contributed by atoms with E-state index < -0.39 is 0 Å². The van der Waals surface area contributed by atoms with E-state index >= 15 is 0 Å². The maximum atomic E-state index is 6.09. The summed E-state index contributed by atoms with van der Waals surface area (Å²) in [5.74, 6) is 1.44. The highest BCUT2D eigenvalue weighted by Gasteiger charge is 2.16. The van der Waals surface area contributed by atoms with E-state index in [-0.39, 0.29) is 5.60 Å². The molecule has 36 heavy (non-hydrogen) atoms. The normalized spacial score (nSPS) is 11.5. The van der Waals surface area contributed by atoms with Crippen LogP contribution in [0.3, 0.4) is 0 Å². The predicted molar refractivity (Wildman–Crippen MR) is 145 cm³/mol. The van der Waals surface area contributed by atoms with E-state index in [1.807, 2.05) is 36.4 Å². The molecular weight excluding hydrogens is 476 g/mol. The van der Waals surface area contributed by atoms with Gasteiger partial charge in [0.05, 0.1) is 42.7 Å². The molecule has 0 N–H and O–H groups in total. The van der Waals surface area contributed by atoms with Crippen molar-refractivity contribution < 1.29 is 14.2 Å². The molecule has 188 valence electrons. The van der Waals surface area contributed by atoms with Crippen molar-refractivity contribution in [2.75, 3.05) is 32.3 Å². The van der Waals surface area contributed by atoms with Crippen molar-refractivity contribution in [1.82, 2.24) is 15.0 Å². The van der Waals surface area contributed by atoms with Crippen molar-refractivity contribution in [3.05, 3.63) is 66.1 Å². The molecule has 2 heterocycles. The van der Waals surface area contributed by atoms with Crippen molar-refractivity contribution in [2.24, 2.45) is 0 Å². The Morgan fingerprint density at radius 2 is 1.61 bits per heavy atom. The van der Waals surface area contributed by atoms with Crippen LogP contribution in [0.2, 0.25) is 5.15 Å². The fourth-order valence-electron chi connectivity index (χ4n) is 3.83. The molecule has 7 nitrogen and oxygen atoms in total. The van der Waals surface area contributed by atoms with E-state index in [2.05, 4.69) is 41.7 Å². The van der Waals surface area contributed by atoms with Crippen LogP contribution in [0.25, 0.3) is 22.3 Å². The maximum Gasteiger partial charge on any atom is 0.129 e. The summed E-state index contributed by atoms with van der Waals surface area (Å²) in [4.78, 5) is 15.8. The van der Waals surface area contributed by atoms with E-state index in [0.717, 1.165) is 58.1 Å². The molecule has 0 atom stereocenters. The third-order valence-corrected chi connectivity index (χ3v) is 5.78. The van der Waals surface area contributed by atoms with Crippen LogP contribution >= 0.6 is 11.6 Å². The fraction of sp³-hybridized carbons (Fsp3) is 0.321. The third-order valence-electron chi connectivity index (χ3n) is 5.57. The van der Waals surface area contributed by atoms with Gasteiger partial charge in [0.25, 0.3) is 0 Å². The van der Waals surface area contributed by atoms with Crippen molar-refractivity contribution in [1.29, 1.82) is 0 Å². The molecule has 0 aliphatic heterocycles. The van der Waals surface area contributed by atoms with Crippen molar-refractivity contribution in [2.45, 2.75) is 32.8 Å². The Labute approximate surface area is 217 Å². The number of halogens is 1. The number of rotatable bonds is 9. The van der Waals surface area contributed by atoms with E-state index in [0.29, 0.717) is 11.8 Å². The summed E-state index contributed by atoms with van der Waals surface area (Å²) in [6.07, 6.45) is 4.25. The number of aromatic nitrogens is 3. The highest BCUT2D eigenvalue weighted by Crippen LogP contribution is 2.34. The van der Waals surface area contributed by atoms with Crippen LogP contribution in [0.5, 0.6) is 11.5 Å². The number of pyridine rings is 1. The Bertz CT molecular complexity index is 1320. The Morgan fingerprint density at radius 3 is 2.28 bits per heavy atom. The molecule has 0 bridgehead atoms. The first-order valence-corrected chi connectivity index (χ1v) is 12.2. The Kier molecular flexibility index (Phi) is 7.91. The summed E-state index contributed by atoms with van der Waals surface area (Å²) in [6.45, 7) is 7.56. The lowest BCUT2D eigenvalue weighted by Gasteiger charge is -2.27. The van der Waals surface area contributed by atoms with E-state index in [4.69, 9.17) is 30.8 Å². The van der Waals surface area contributed by atoms with Gasteiger partial charge in [0.1, 0.15) is 16.7 Å². The van der Waals surface area contributed by atoms with Crippen LogP contribution in [0.15, 0.2) is 60.9 Å². The number of hydrogen-bond donors (Lipinski definition) is 0. The van der Waals surface area contributed by atoms with E-state index in [1.165, 1.54) is 0 Å². The Hall–Kier alpha value is -3.42. The molecule has 0 saturated heterocycles. The second-order valence-corrected chi connectivity index (χ2v) is 9.72. The number of ether oxygens (including phenoxy) is 3. The average Bonchev–Trinajstić information content (AvgIpc) is 2.87. The highest BCUT2D eigenvalue weighted by molar-refractivity contribution is 6.29. The molecule has 2 aromatic carbocycles. The molecule has 0 aliphatic rings. The predicted octanol–water partition coefficient (Wildman–Crippen LogP) is 6.71. The molecule has 0 aliphatic carbocycles. The van der Waals surface area contributed by atoms with Crippen LogP contribution in [0, 0.1) is 0 Å². The molecule has 0 spiro atoms. The number of hydrogen-bond acceptors (Lipinski definition) is 7. The van der Waals surface area contributed by atoms with E-state index in [1.54, 1.807) is 32.7 Å². The van der Waals surface area contributed by atoms with E-state index in [9.17, 15) is 0 Å². The largest absolute Gasteiger partial charge is 0.497 e. The summed E-state index contributed by atoms with van der Waals surface area (Å²) in [5, 5.41) is 0.416. The second kappa shape index (κ2) is 11.1. The molecule has 4 aromatic rings. The summed E-state index contributed by atoms with van der Waals surface area (Å²) in [5.41, 5.74) is 4.93. The molecular formula is C28H31ClN4O3. The minimum Gasteiger partial charge on any atom is -0.497 e. The molecule has 0 amide bonds. The molecule has 0 saturated carbocycles. The summed E-state index contributed by atoms with van der Waals surface area (Å²) in [7, 11) is 3.30. The van der Waals surface area contributed by atoms with Gasteiger partial charge in [0.2, 0.25) is 0 Å². The molecule has 4 rings (SSSR count). The minimum absolute atomic E-state index is 0.186. The fourth-order valence-corrected chi connectivity index (χ4v) is 4.00. The highest BCUT2D eigenvalue weighted by atomic mass is 35.5. The quantitative estimate of drug-likeness (QED) is 0.184. The molecule has 2 aromatic heterocycles. The summed E-state index contributed by atoms with van der Waals surface area (Å²) in [6, 6.07) is 15.6. The molecule has 0 fully saturated rings. The first-order valence-electron chi connectivity index (χ1n) is 11.8. The number of methoxy groups -OCH3 is 2. The van der Waals surface area contributed by atoms with Gasteiger partial charge in [-0.2, -0.15) is 0 Å². The Balaban J connectivity index is 1.72. The zero-order valence-corrected chi connectivity index (χ0v) is 22.0. The molecule has 0 unspecified atom stereocenters. The first kappa shape index (κ1) is 25.7. The van der Waals surface area contributed by atoms with Crippen molar-refractivity contribution in [3.8, 4) is 22.8 Å². The Morgan fingerprint density at radius 1 is 0.861 bits per heavy atom. The summed E-state index contributed by atoms with van der Waals surface area (Å²) < 4.78 is 17.0. The van der Waals surface area contributed by atoms with Gasteiger partial charge in [-0.1, -0.05) is 11.6 Å². The smallest absolute Gasteiger partial charge is 0.129 e. The van der Waals surface area contributed by atoms with Gasteiger partial charge in [0, 0.05) is 54.5 Å². The number of fused-ring (bicyclic) bond motifs is 1. The van der Waals surface area contributed by atoms with Gasteiger partial charge in [-0.3, -0.25) is 4.98 Å². The third kappa shape index (κ3) is 6.42. The minimum atomic E-state index is -0.186. The van der Waals surface area contributed by atoms with Crippen molar-refractivity contribution in [3.63, 3.8) is 0 Å². The average molecular weight is 507 g/mol. The lowest BCUT2D eigenvalue weighted by molar-refractivity contribution is -0.00311. The van der Waals surface area contributed by atoms with Crippen LogP contribution in [-0.4, -0.2) is 47.9 Å². The van der Waals surface area contributed by atoms with Gasteiger partial charge in [0.15, 0.2) is 0 Å². The van der Waals surface area contributed by atoms with Crippen molar-refractivity contribution >= 4 is 34.0 Å². The van der Waals surface area contributed by atoms with Gasteiger partial charge < -0.3 is 19.1 Å². The lowest BCUT2D eigenvalue weighted by Crippen LogP contribution is -2.24. The van der Waals surface area contributed by atoms with Crippen LogP contribution < -0.4 is 14.4 Å². The van der Waals surface area contributed by atoms with Gasteiger partial charge in [-0.25, -0.2) is 9.97 Å². The standard InChI is InChI=1S/C28H31ClN4O3/c1-28(2,3)36-12-6-11-33(21-14-22(34-4)17-23(15-21)35-5)20-7-8-24-25(16-20)32-26(18-31-24)19-9-10-30-27(29)13-19/h7-10,13-18H,6,11-12H2,1-5H3. The topological polar surface area (TPSA) is 69.6 Å². The van der Waals surface area contributed by atoms with Crippen LogP contribution in [0.4, 0.5) is 11.4 Å². The number of nitrogens with zero attached hydrogens (tertiary/aromatic N) is 4. The zero-order chi connectivity index (χ0) is 25.7. The number of benzene rings is 2. The second-order valence-electron chi connectivity index (χ2n) is 9.33. The van der Waals surface area contributed by atoms with Gasteiger partial charge in [-0.05, 0) is 57.5 Å². The SMILES string of the molecule is COc1cc(OC)cc(N(CCCOC(C)(C)C)c2ccc3ncc(-c4ccnc(Cl)c4)nc3c2)c1. The monoisotopic (exact) mass is 506 g/mol.